The van der Waals surface area contributed by atoms with E-state index in [9.17, 15) is 4.79 Å². The lowest BCUT2D eigenvalue weighted by Gasteiger charge is -2.38. The largest absolute Gasteiger partial charge is 0.342 e. The van der Waals surface area contributed by atoms with E-state index in [0.717, 1.165) is 37.8 Å². The van der Waals surface area contributed by atoms with Gasteiger partial charge in [-0.15, -0.1) is 0 Å². The molecule has 2 saturated heterocycles. The predicted octanol–water partition coefficient (Wildman–Crippen LogP) is 2.37. The van der Waals surface area contributed by atoms with Crippen molar-refractivity contribution in [1.82, 2.24) is 9.80 Å². The summed E-state index contributed by atoms with van der Waals surface area (Å²) in [4.78, 5) is 17.0. The van der Waals surface area contributed by atoms with Gasteiger partial charge < -0.3 is 9.80 Å². The van der Waals surface area contributed by atoms with E-state index < -0.39 is 0 Å². The molecule has 1 saturated carbocycles. The van der Waals surface area contributed by atoms with Crippen LogP contribution < -0.4 is 0 Å². The van der Waals surface area contributed by atoms with E-state index in [0.29, 0.717) is 11.8 Å². The highest BCUT2D eigenvalue weighted by molar-refractivity contribution is 5.81. The highest BCUT2D eigenvalue weighted by atomic mass is 16.2. The third-order valence-electron chi connectivity index (χ3n) is 5.15. The zero-order valence-electron chi connectivity index (χ0n) is 12.3. The Morgan fingerprint density at radius 3 is 2.47 bits per heavy atom. The Kier molecular flexibility index (Phi) is 4.11. The van der Waals surface area contributed by atoms with Gasteiger partial charge in [-0.3, -0.25) is 4.79 Å². The molecule has 1 amide bonds. The van der Waals surface area contributed by atoms with E-state index in [4.69, 9.17) is 0 Å². The van der Waals surface area contributed by atoms with Crippen LogP contribution in [0.4, 0.5) is 0 Å². The molecule has 108 valence electrons. The quantitative estimate of drug-likeness (QED) is 0.781. The van der Waals surface area contributed by atoms with Gasteiger partial charge in [0.05, 0.1) is 0 Å². The summed E-state index contributed by atoms with van der Waals surface area (Å²) in [5.74, 6) is 2.49. The SMILES string of the molecule is CC1CCN(C[C@H]2CCCN(C(=O)C3CC3)C2)CC1. The molecule has 2 aliphatic heterocycles. The summed E-state index contributed by atoms with van der Waals surface area (Å²) in [7, 11) is 0. The molecule has 3 nitrogen and oxygen atoms in total. The summed E-state index contributed by atoms with van der Waals surface area (Å²) >= 11 is 0. The average molecular weight is 264 g/mol. The van der Waals surface area contributed by atoms with Gasteiger partial charge in [-0.2, -0.15) is 0 Å². The van der Waals surface area contributed by atoms with Crippen LogP contribution in [-0.4, -0.2) is 48.4 Å². The van der Waals surface area contributed by atoms with Gasteiger partial charge in [-0.25, -0.2) is 0 Å². The van der Waals surface area contributed by atoms with Gasteiger partial charge >= 0.3 is 0 Å². The van der Waals surface area contributed by atoms with Crippen molar-refractivity contribution >= 4 is 5.91 Å². The van der Waals surface area contributed by atoms with E-state index >= 15 is 0 Å². The Morgan fingerprint density at radius 1 is 1.05 bits per heavy atom. The van der Waals surface area contributed by atoms with Crippen LogP contribution in [0.5, 0.6) is 0 Å². The molecule has 0 N–H and O–H groups in total. The molecule has 19 heavy (non-hydrogen) atoms. The van der Waals surface area contributed by atoms with E-state index in [1.54, 1.807) is 0 Å². The van der Waals surface area contributed by atoms with Crippen molar-refractivity contribution < 1.29 is 4.79 Å². The molecule has 0 unspecified atom stereocenters. The van der Waals surface area contributed by atoms with Crippen molar-refractivity contribution in [3.05, 3.63) is 0 Å². The number of carbonyl (C=O) groups excluding carboxylic acids is 1. The molecule has 0 radical (unpaired) electrons. The smallest absolute Gasteiger partial charge is 0.225 e. The number of likely N-dealkylation sites (tertiary alicyclic amines) is 2. The summed E-state index contributed by atoms with van der Waals surface area (Å²) in [6, 6.07) is 0. The van der Waals surface area contributed by atoms with Crippen LogP contribution in [0.25, 0.3) is 0 Å². The number of rotatable bonds is 3. The number of piperidine rings is 2. The summed E-state index contributed by atoms with van der Waals surface area (Å²) in [6.45, 7) is 8.18. The van der Waals surface area contributed by atoms with E-state index in [1.807, 2.05) is 0 Å². The second-order valence-electron chi connectivity index (χ2n) is 7.05. The topological polar surface area (TPSA) is 23.6 Å². The third kappa shape index (κ3) is 3.50. The fourth-order valence-corrected chi connectivity index (χ4v) is 3.61. The fraction of sp³-hybridized carbons (Fsp3) is 0.938. The van der Waals surface area contributed by atoms with Crippen molar-refractivity contribution in [1.29, 1.82) is 0 Å². The number of carbonyl (C=O) groups is 1. The molecule has 3 rings (SSSR count). The molecule has 3 fully saturated rings. The molecule has 0 bridgehead atoms. The molecule has 0 aromatic carbocycles. The van der Waals surface area contributed by atoms with E-state index in [1.165, 1.54) is 45.3 Å². The van der Waals surface area contributed by atoms with Crippen molar-refractivity contribution in [2.45, 2.75) is 45.4 Å². The van der Waals surface area contributed by atoms with E-state index in [-0.39, 0.29) is 0 Å². The lowest BCUT2D eigenvalue weighted by Crippen LogP contribution is -2.45. The molecular formula is C16H28N2O. The molecular weight excluding hydrogens is 236 g/mol. The molecule has 3 aliphatic rings. The van der Waals surface area contributed by atoms with Gasteiger partial charge in [0.25, 0.3) is 0 Å². The second-order valence-corrected chi connectivity index (χ2v) is 7.05. The van der Waals surface area contributed by atoms with Gasteiger partial charge in [-0.1, -0.05) is 6.92 Å². The van der Waals surface area contributed by atoms with Crippen molar-refractivity contribution in [3.8, 4) is 0 Å². The van der Waals surface area contributed by atoms with Crippen LogP contribution >= 0.6 is 0 Å². The minimum Gasteiger partial charge on any atom is -0.342 e. The third-order valence-corrected chi connectivity index (χ3v) is 5.15. The zero-order chi connectivity index (χ0) is 13.2. The first-order valence-corrected chi connectivity index (χ1v) is 8.23. The highest BCUT2D eigenvalue weighted by Gasteiger charge is 2.35. The summed E-state index contributed by atoms with van der Waals surface area (Å²) in [6.07, 6.45) is 7.54. The van der Waals surface area contributed by atoms with Crippen LogP contribution in [0.2, 0.25) is 0 Å². The fourth-order valence-electron chi connectivity index (χ4n) is 3.61. The number of hydrogen-bond donors (Lipinski definition) is 0. The molecule has 2 heterocycles. The monoisotopic (exact) mass is 264 g/mol. The molecule has 0 spiro atoms. The van der Waals surface area contributed by atoms with Gasteiger partial charge in [-0.05, 0) is 63.5 Å². The lowest BCUT2D eigenvalue weighted by atomic mass is 9.94. The van der Waals surface area contributed by atoms with Crippen molar-refractivity contribution in [2.24, 2.45) is 17.8 Å². The second kappa shape index (κ2) is 5.82. The number of hydrogen-bond acceptors (Lipinski definition) is 2. The molecule has 3 heteroatoms. The molecule has 1 atom stereocenters. The lowest BCUT2D eigenvalue weighted by molar-refractivity contribution is -0.134. The molecule has 0 aromatic rings. The molecule has 0 aromatic heterocycles. The normalized spacial score (nSPS) is 30.6. The first kappa shape index (κ1) is 13.4. The van der Waals surface area contributed by atoms with Crippen LogP contribution in [0.3, 0.4) is 0 Å². The Labute approximate surface area is 117 Å². The number of nitrogens with zero attached hydrogens (tertiary/aromatic N) is 2. The Bertz CT molecular complexity index is 319. The first-order valence-electron chi connectivity index (χ1n) is 8.23. The van der Waals surface area contributed by atoms with Gasteiger partial charge in [0, 0.05) is 25.6 Å². The van der Waals surface area contributed by atoms with Gasteiger partial charge in [0.2, 0.25) is 5.91 Å². The van der Waals surface area contributed by atoms with E-state index in [2.05, 4.69) is 16.7 Å². The maximum atomic E-state index is 12.2. The Balaban J connectivity index is 1.46. The zero-order valence-corrected chi connectivity index (χ0v) is 12.3. The Hall–Kier alpha value is -0.570. The van der Waals surface area contributed by atoms with Crippen LogP contribution in [0.15, 0.2) is 0 Å². The Morgan fingerprint density at radius 2 is 1.79 bits per heavy atom. The van der Waals surface area contributed by atoms with Crippen molar-refractivity contribution in [2.75, 3.05) is 32.7 Å². The number of amides is 1. The highest BCUT2D eigenvalue weighted by Crippen LogP contribution is 2.32. The van der Waals surface area contributed by atoms with Crippen LogP contribution in [0.1, 0.15) is 45.4 Å². The van der Waals surface area contributed by atoms with Crippen LogP contribution in [-0.2, 0) is 4.79 Å². The standard InChI is InChI=1S/C16H28N2O/c1-13-6-9-17(10-7-13)11-14-3-2-8-18(12-14)16(19)15-4-5-15/h13-15H,2-12H2,1H3/t14-/m1/s1. The maximum absolute atomic E-state index is 12.2. The maximum Gasteiger partial charge on any atom is 0.225 e. The minimum atomic E-state index is 0.398. The van der Waals surface area contributed by atoms with Crippen molar-refractivity contribution in [3.63, 3.8) is 0 Å². The minimum absolute atomic E-state index is 0.398. The summed E-state index contributed by atoms with van der Waals surface area (Å²) in [5, 5.41) is 0. The summed E-state index contributed by atoms with van der Waals surface area (Å²) in [5.41, 5.74) is 0. The predicted molar refractivity (Wildman–Crippen MR) is 76.9 cm³/mol. The van der Waals surface area contributed by atoms with Gasteiger partial charge in [0.1, 0.15) is 0 Å². The average Bonchev–Trinajstić information content (AvgIpc) is 3.25. The molecule has 1 aliphatic carbocycles. The van der Waals surface area contributed by atoms with Gasteiger partial charge in [0.15, 0.2) is 0 Å². The van der Waals surface area contributed by atoms with Crippen LogP contribution in [0, 0.1) is 17.8 Å². The first-order chi connectivity index (χ1) is 9.22. The summed E-state index contributed by atoms with van der Waals surface area (Å²) < 4.78 is 0.